The summed E-state index contributed by atoms with van der Waals surface area (Å²) in [5, 5.41) is 49.2. The Kier molecular flexibility index (Phi) is 2.56. The number of carbonyl (C=O) groups is 1. The fourth-order valence-corrected chi connectivity index (χ4v) is 2.41. The number of fused-ring (bicyclic) bond motifs is 2. The number of aromatic carboxylic acids is 1. The average molecular weight is 286 g/mol. The molecule has 0 atom stereocenters. The van der Waals surface area contributed by atoms with Crippen molar-refractivity contribution in [3.8, 4) is 23.0 Å². The van der Waals surface area contributed by atoms with Crippen LogP contribution in [-0.2, 0) is 0 Å². The molecule has 5 N–H and O–H groups in total. The van der Waals surface area contributed by atoms with Gasteiger partial charge < -0.3 is 25.5 Å². The molecular weight excluding hydrogens is 276 g/mol. The Labute approximate surface area is 117 Å². The maximum Gasteiger partial charge on any atom is 0.335 e. The van der Waals surface area contributed by atoms with Crippen molar-refractivity contribution in [2.45, 2.75) is 0 Å². The zero-order valence-corrected chi connectivity index (χ0v) is 10.5. The van der Waals surface area contributed by atoms with Crippen molar-refractivity contribution in [1.82, 2.24) is 0 Å². The molecule has 0 fully saturated rings. The van der Waals surface area contributed by atoms with Crippen LogP contribution in [0.4, 0.5) is 0 Å². The van der Waals surface area contributed by atoms with E-state index in [0.717, 1.165) is 0 Å². The Balaban J connectivity index is 2.59. The smallest absolute Gasteiger partial charge is 0.335 e. The van der Waals surface area contributed by atoms with E-state index in [-0.39, 0.29) is 44.4 Å². The molecule has 0 radical (unpaired) electrons. The van der Waals surface area contributed by atoms with Crippen molar-refractivity contribution in [2.24, 2.45) is 0 Å². The van der Waals surface area contributed by atoms with E-state index in [1.807, 2.05) is 0 Å². The fraction of sp³-hybridized carbons (Fsp3) is 0. The van der Waals surface area contributed by atoms with E-state index in [0.29, 0.717) is 0 Å². The van der Waals surface area contributed by atoms with Crippen LogP contribution in [0.1, 0.15) is 10.4 Å². The van der Waals surface area contributed by atoms with Crippen molar-refractivity contribution in [2.75, 3.05) is 0 Å². The molecule has 0 spiro atoms. The van der Waals surface area contributed by atoms with Gasteiger partial charge in [-0.2, -0.15) is 0 Å². The van der Waals surface area contributed by atoms with Crippen molar-refractivity contribution in [1.29, 1.82) is 0 Å². The number of rotatable bonds is 1. The van der Waals surface area contributed by atoms with Crippen LogP contribution < -0.4 is 0 Å². The summed E-state index contributed by atoms with van der Waals surface area (Å²) in [4.78, 5) is 11.0. The van der Waals surface area contributed by atoms with E-state index in [9.17, 15) is 25.2 Å². The van der Waals surface area contributed by atoms with E-state index in [1.54, 1.807) is 0 Å². The number of benzene rings is 3. The number of hydrogen-bond donors (Lipinski definition) is 5. The van der Waals surface area contributed by atoms with Gasteiger partial charge in [-0.3, -0.25) is 0 Å². The van der Waals surface area contributed by atoms with Gasteiger partial charge in [0, 0.05) is 10.8 Å². The Hall–Kier alpha value is -3.15. The summed E-state index contributed by atoms with van der Waals surface area (Å²) in [5.74, 6) is -2.58. The van der Waals surface area contributed by atoms with Gasteiger partial charge in [-0.05, 0) is 30.3 Å². The van der Waals surface area contributed by atoms with E-state index < -0.39 is 11.7 Å². The lowest BCUT2D eigenvalue weighted by atomic mass is 9.98. The molecule has 0 aromatic heterocycles. The lowest BCUT2D eigenvalue weighted by Crippen LogP contribution is -1.95. The molecular formula is C15H10O6. The highest BCUT2D eigenvalue weighted by Crippen LogP contribution is 2.48. The number of carboxylic acids is 1. The molecule has 106 valence electrons. The minimum absolute atomic E-state index is 0.0702. The summed E-state index contributed by atoms with van der Waals surface area (Å²) in [6.07, 6.45) is 0. The van der Waals surface area contributed by atoms with Crippen LogP contribution in [0.15, 0.2) is 30.3 Å². The summed E-state index contributed by atoms with van der Waals surface area (Å²) < 4.78 is 0. The number of hydrogen-bond acceptors (Lipinski definition) is 5. The van der Waals surface area contributed by atoms with Crippen LogP contribution in [0.3, 0.4) is 0 Å². The van der Waals surface area contributed by atoms with Gasteiger partial charge in [0.15, 0.2) is 0 Å². The minimum Gasteiger partial charge on any atom is -0.507 e. The first-order chi connectivity index (χ1) is 9.91. The second-order valence-electron chi connectivity index (χ2n) is 4.62. The molecule has 0 amide bonds. The Morgan fingerprint density at radius 3 is 1.81 bits per heavy atom. The highest BCUT2D eigenvalue weighted by Gasteiger charge is 2.19. The third-order valence-corrected chi connectivity index (χ3v) is 3.41. The molecule has 0 aliphatic rings. The van der Waals surface area contributed by atoms with Crippen molar-refractivity contribution in [3.05, 3.63) is 35.9 Å². The third-order valence-electron chi connectivity index (χ3n) is 3.41. The van der Waals surface area contributed by atoms with Crippen LogP contribution >= 0.6 is 0 Å². The highest BCUT2D eigenvalue weighted by molar-refractivity contribution is 6.15. The van der Waals surface area contributed by atoms with Gasteiger partial charge in [0.05, 0.1) is 16.3 Å². The average Bonchev–Trinajstić information content (AvgIpc) is 2.46. The monoisotopic (exact) mass is 286 g/mol. The maximum absolute atomic E-state index is 11.0. The first-order valence-electron chi connectivity index (χ1n) is 5.97. The quantitative estimate of drug-likeness (QED) is 0.346. The first-order valence-corrected chi connectivity index (χ1v) is 5.97. The second-order valence-corrected chi connectivity index (χ2v) is 4.62. The van der Waals surface area contributed by atoms with E-state index in [4.69, 9.17) is 5.11 Å². The first kappa shape index (κ1) is 12.9. The van der Waals surface area contributed by atoms with Crippen LogP contribution in [0.25, 0.3) is 21.5 Å². The summed E-state index contributed by atoms with van der Waals surface area (Å²) in [5.41, 5.74) is -0.0730. The Morgan fingerprint density at radius 2 is 1.29 bits per heavy atom. The number of carboxylic acid groups (broad SMARTS) is 1. The molecule has 0 saturated carbocycles. The van der Waals surface area contributed by atoms with Gasteiger partial charge in [-0.25, -0.2) is 4.79 Å². The van der Waals surface area contributed by atoms with Crippen LogP contribution in [0, 0.1) is 0 Å². The molecule has 0 unspecified atom stereocenters. The van der Waals surface area contributed by atoms with Gasteiger partial charge >= 0.3 is 5.97 Å². The zero-order chi connectivity index (χ0) is 15.3. The van der Waals surface area contributed by atoms with Gasteiger partial charge in [0.1, 0.15) is 23.0 Å². The molecule has 6 heteroatoms. The van der Waals surface area contributed by atoms with Gasteiger partial charge in [0.25, 0.3) is 0 Å². The van der Waals surface area contributed by atoms with Crippen LogP contribution in [0.5, 0.6) is 23.0 Å². The lowest BCUT2D eigenvalue weighted by Gasteiger charge is -2.12. The maximum atomic E-state index is 11.0. The summed E-state index contributed by atoms with van der Waals surface area (Å²) in [6, 6.07) is 6.15. The van der Waals surface area contributed by atoms with E-state index >= 15 is 0 Å². The third kappa shape index (κ3) is 1.69. The van der Waals surface area contributed by atoms with Gasteiger partial charge in [-0.15, -0.1) is 0 Å². The molecule has 0 bridgehead atoms. The van der Waals surface area contributed by atoms with Gasteiger partial charge in [-0.1, -0.05) is 0 Å². The second kappa shape index (κ2) is 4.17. The zero-order valence-electron chi connectivity index (χ0n) is 10.5. The highest BCUT2D eigenvalue weighted by atomic mass is 16.4. The standard InChI is InChI=1S/C15H10O6/c16-9-3-4-10(17)12-11(9)13(18)7-2-1-6(15(20)21)5-8(7)14(12)19/h1-5,16-19H,(H,20,21). The SMILES string of the molecule is O=C(O)c1ccc2c(O)c3c(O)ccc(O)c3c(O)c2c1. The summed E-state index contributed by atoms with van der Waals surface area (Å²) >= 11 is 0. The van der Waals surface area contributed by atoms with Crippen LogP contribution in [-0.4, -0.2) is 31.5 Å². The van der Waals surface area contributed by atoms with Crippen LogP contribution in [0.2, 0.25) is 0 Å². The molecule has 3 aromatic rings. The molecule has 3 aromatic carbocycles. The fourth-order valence-electron chi connectivity index (χ4n) is 2.41. The molecule has 0 saturated heterocycles. The van der Waals surface area contributed by atoms with E-state index in [1.165, 1.54) is 30.3 Å². The minimum atomic E-state index is -1.18. The molecule has 21 heavy (non-hydrogen) atoms. The summed E-state index contributed by atoms with van der Waals surface area (Å²) in [6.45, 7) is 0. The van der Waals surface area contributed by atoms with Crippen molar-refractivity contribution >= 4 is 27.5 Å². The van der Waals surface area contributed by atoms with Crippen molar-refractivity contribution in [3.63, 3.8) is 0 Å². The predicted octanol–water partition coefficient (Wildman–Crippen LogP) is 2.51. The molecule has 3 rings (SSSR count). The number of aromatic hydroxyl groups is 4. The van der Waals surface area contributed by atoms with Crippen molar-refractivity contribution < 1.29 is 30.3 Å². The summed E-state index contributed by atoms with van der Waals surface area (Å²) in [7, 11) is 0. The lowest BCUT2D eigenvalue weighted by molar-refractivity contribution is 0.0697. The topological polar surface area (TPSA) is 118 Å². The van der Waals surface area contributed by atoms with Gasteiger partial charge in [0.2, 0.25) is 0 Å². The molecule has 0 aliphatic carbocycles. The molecule has 0 heterocycles. The number of phenols is 4. The largest absolute Gasteiger partial charge is 0.507 e. The normalized spacial score (nSPS) is 11.0. The van der Waals surface area contributed by atoms with E-state index in [2.05, 4.69) is 0 Å². The Bertz CT molecular complexity index is 913. The predicted molar refractivity (Wildman–Crippen MR) is 75.1 cm³/mol. The Morgan fingerprint density at radius 1 is 0.762 bits per heavy atom. The molecule has 6 nitrogen and oxygen atoms in total. The molecule has 0 aliphatic heterocycles. The number of phenolic OH excluding ortho intramolecular Hbond substituents is 4.